The predicted molar refractivity (Wildman–Crippen MR) is 127 cm³/mol. The van der Waals surface area contributed by atoms with Crippen LogP contribution < -0.4 is 14.8 Å². The van der Waals surface area contributed by atoms with E-state index in [9.17, 15) is 4.79 Å². The Morgan fingerprint density at radius 3 is 2.64 bits per heavy atom. The minimum Gasteiger partial charge on any atom is -0.454 e. The summed E-state index contributed by atoms with van der Waals surface area (Å²) in [4.78, 5) is 12.5. The van der Waals surface area contributed by atoms with Crippen molar-refractivity contribution >= 4 is 12.0 Å². The number of benzene rings is 3. The molecule has 0 saturated heterocycles. The number of carbonyl (C=O) groups excluding carboxylic acids is 1. The molecule has 0 unspecified atom stereocenters. The lowest BCUT2D eigenvalue weighted by Gasteiger charge is -2.04. The number of carbonyl (C=O) groups is 1. The van der Waals surface area contributed by atoms with Crippen molar-refractivity contribution in [1.82, 2.24) is 15.1 Å². The Labute approximate surface area is 192 Å². The van der Waals surface area contributed by atoms with Crippen LogP contribution in [0, 0.1) is 6.92 Å². The van der Waals surface area contributed by atoms with Crippen molar-refractivity contribution < 1.29 is 14.3 Å². The molecule has 1 aromatic heterocycles. The first-order chi connectivity index (χ1) is 16.2. The van der Waals surface area contributed by atoms with E-state index in [1.807, 2.05) is 71.5 Å². The Bertz CT molecular complexity index is 1310. The molecule has 0 fully saturated rings. The first kappa shape index (κ1) is 20.6. The standard InChI is InChI=1S/C27H23N3O3/c1-19-7-10-21(11-8-19)27-22(17-30(29-27)23-5-3-2-4-6-23)12-14-26(31)28-16-20-9-13-24-25(15-20)33-18-32-24/h2-15,17H,16,18H2,1H3,(H,28,31). The third-order valence-electron chi connectivity index (χ3n) is 5.41. The molecule has 164 valence electrons. The molecule has 0 spiro atoms. The van der Waals surface area contributed by atoms with Crippen LogP contribution in [-0.2, 0) is 11.3 Å². The lowest BCUT2D eigenvalue weighted by atomic mass is 10.1. The van der Waals surface area contributed by atoms with Gasteiger partial charge >= 0.3 is 0 Å². The van der Waals surface area contributed by atoms with Gasteiger partial charge in [0.15, 0.2) is 11.5 Å². The molecule has 0 bridgehead atoms. The van der Waals surface area contributed by atoms with Gasteiger partial charge in [0.25, 0.3) is 0 Å². The number of aryl methyl sites for hydroxylation is 1. The lowest BCUT2D eigenvalue weighted by Crippen LogP contribution is -2.20. The van der Waals surface area contributed by atoms with E-state index in [0.29, 0.717) is 12.3 Å². The fraction of sp³-hybridized carbons (Fsp3) is 0.111. The van der Waals surface area contributed by atoms with Crippen LogP contribution in [0.5, 0.6) is 11.5 Å². The average Bonchev–Trinajstić information content (AvgIpc) is 3.49. The van der Waals surface area contributed by atoms with Crippen LogP contribution >= 0.6 is 0 Å². The summed E-state index contributed by atoms with van der Waals surface area (Å²) in [6.45, 7) is 2.68. The van der Waals surface area contributed by atoms with Crippen LogP contribution in [0.25, 0.3) is 23.0 Å². The van der Waals surface area contributed by atoms with Gasteiger partial charge < -0.3 is 14.8 Å². The third-order valence-corrected chi connectivity index (χ3v) is 5.41. The number of rotatable bonds is 6. The van der Waals surface area contributed by atoms with Gasteiger partial charge in [0.05, 0.1) is 11.4 Å². The van der Waals surface area contributed by atoms with E-state index >= 15 is 0 Å². The van der Waals surface area contributed by atoms with Crippen molar-refractivity contribution in [2.45, 2.75) is 13.5 Å². The van der Waals surface area contributed by atoms with Crippen LogP contribution in [0.1, 0.15) is 16.7 Å². The smallest absolute Gasteiger partial charge is 0.244 e. The maximum Gasteiger partial charge on any atom is 0.244 e. The fourth-order valence-corrected chi connectivity index (χ4v) is 3.62. The molecule has 4 aromatic rings. The summed E-state index contributed by atoms with van der Waals surface area (Å²) in [7, 11) is 0. The number of para-hydroxylation sites is 1. The highest BCUT2D eigenvalue weighted by atomic mass is 16.7. The third kappa shape index (κ3) is 4.65. The Morgan fingerprint density at radius 2 is 1.82 bits per heavy atom. The molecular weight excluding hydrogens is 414 g/mol. The molecule has 1 amide bonds. The van der Waals surface area contributed by atoms with Crippen LogP contribution in [0.2, 0.25) is 0 Å². The van der Waals surface area contributed by atoms with Crippen LogP contribution in [0.4, 0.5) is 0 Å². The van der Waals surface area contributed by atoms with Crippen LogP contribution in [0.15, 0.2) is 85.1 Å². The van der Waals surface area contributed by atoms with Gasteiger partial charge in [-0.25, -0.2) is 4.68 Å². The van der Waals surface area contributed by atoms with Crippen molar-refractivity contribution in [1.29, 1.82) is 0 Å². The van der Waals surface area contributed by atoms with Crippen molar-refractivity contribution in [2.24, 2.45) is 0 Å². The van der Waals surface area contributed by atoms with Gasteiger partial charge in [-0.05, 0) is 42.8 Å². The molecule has 1 aliphatic rings. The molecule has 0 aliphatic carbocycles. The minimum absolute atomic E-state index is 0.185. The van der Waals surface area contributed by atoms with Crippen LogP contribution in [0.3, 0.4) is 0 Å². The number of aromatic nitrogens is 2. The highest BCUT2D eigenvalue weighted by Gasteiger charge is 2.14. The molecule has 1 N–H and O–H groups in total. The second kappa shape index (κ2) is 9.04. The SMILES string of the molecule is Cc1ccc(-c2nn(-c3ccccc3)cc2C=CC(=O)NCc2ccc3c(c2)OCO3)cc1. The van der Waals surface area contributed by atoms with E-state index in [1.54, 1.807) is 6.08 Å². The zero-order chi connectivity index (χ0) is 22.6. The Kier molecular flexibility index (Phi) is 5.64. The second-order valence-corrected chi connectivity index (χ2v) is 7.82. The van der Waals surface area contributed by atoms with Crippen molar-refractivity contribution in [3.63, 3.8) is 0 Å². The van der Waals surface area contributed by atoms with Crippen molar-refractivity contribution in [2.75, 3.05) is 6.79 Å². The zero-order valence-corrected chi connectivity index (χ0v) is 18.2. The zero-order valence-electron chi connectivity index (χ0n) is 18.2. The first-order valence-corrected chi connectivity index (χ1v) is 10.7. The van der Waals surface area contributed by atoms with Gasteiger partial charge in [-0.1, -0.05) is 54.1 Å². The largest absolute Gasteiger partial charge is 0.454 e. The molecular formula is C27H23N3O3. The Balaban J connectivity index is 1.35. The van der Waals surface area contributed by atoms with Gasteiger partial charge in [0.2, 0.25) is 12.7 Å². The summed E-state index contributed by atoms with van der Waals surface area (Å²) in [6, 6.07) is 23.8. The summed E-state index contributed by atoms with van der Waals surface area (Å²) < 4.78 is 12.6. The Morgan fingerprint density at radius 1 is 1.03 bits per heavy atom. The second-order valence-electron chi connectivity index (χ2n) is 7.82. The van der Waals surface area contributed by atoms with Gasteiger partial charge in [-0.15, -0.1) is 0 Å². The molecule has 33 heavy (non-hydrogen) atoms. The number of ether oxygens (including phenoxy) is 2. The summed E-state index contributed by atoms with van der Waals surface area (Å²) in [6.07, 6.45) is 5.28. The molecule has 1 aliphatic heterocycles. The quantitative estimate of drug-likeness (QED) is 0.436. The Hall–Kier alpha value is -4.32. The molecule has 3 aromatic carbocycles. The highest BCUT2D eigenvalue weighted by Crippen LogP contribution is 2.32. The summed E-state index contributed by atoms with van der Waals surface area (Å²) in [5, 5.41) is 7.71. The molecule has 2 heterocycles. The number of amides is 1. The van der Waals surface area contributed by atoms with Gasteiger partial charge in [-0.2, -0.15) is 5.10 Å². The number of hydrogen-bond acceptors (Lipinski definition) is 4. The molecule has 6 heteroatoms. The number of nitrogens with one attached hydrogen (secondary N) is 1. The van der Waals surface area contributed by atoms with Gasteiger partial charge in [-0.3, -0.25) is 4.79 Å². The normalized spacial score (nSPS) is 12.3. The van der Waals surface area contributed by atoms with Gasteiger partial charge in [0.1, 0.15) is 0 Å². The monoisotopic (exact) mass is 437 g/mol. The fourth-order valence-electron chi connectivity index (χ4n) is 3.62. The van der Waals surface area contributed by atoms with Gasteiger partial charge in [0, 0.05) is 29.9 Å². The molecule has 6 nitrogen and oxygen atoms in total. The summed E-state index contributed by atoms with van der Waals surface area (Å²) in [5.41, 5.74) is 5.76. The maximum atomic E-state index is 12.5. The summed E-state index contributed by atoms with van der Waals surface area (Å²) >= 11 is 0. The predicted octanol–water partition coefficient (Wildman–Crippen LogP) is 4.91. The number of nitrogens with zero attached hydrogens (tertiary/aromatic N) is 2. The number of hydrogen-bond donors (Lipinski definition) is 1. The topological polar surface area (TPSA) is 65.4 Å². The van der Waals surface area contributed by atoms with E-state index in [0.717, 1.165) is 33.8 Å². The van der Waals surface area contributed by atoms with Crippen molar-refractivity contribution in [3.05, 3.63) is 102 Å². The van der Waals surface area contributed by atoms with E-state index in [1.165, 1.54) is 11.6 Å². The molecule has 0 saturated carbocycles. The summed E-state index contributed by atoms with van der Waals surface area (Å²) in [5.74, 6) is 1.24. The molecule has 0 atom stereocenters. The lowest BCUT2D eigenvalue weighted by molar-refractivity contribution is -0.116. The van der Waals surface area contributed by atoms with E-state index in [4.69, 9.17) is 14.6 Å². The highest BCUT2D eigenvalue weighted by molar-refractivity contribution is 5.92. The average molecular weight is 437 g/mol. The first-order valence-electron chi connectivity index (χ1n) is 10.7. The van der Waals surface area contributed by atoms with E-state index in [-0.39, 0.29) is 12.7 Å². The minimum atomic E-state index is -0.185. The molecule has 0 radical (unpaired) electrons. The maximum absolute atomic E-state index is 12.5. The number of fused-ring (bicyclic) bond motifs is 1. The van der Waals surface area contributed by atoms with E-state index < -0.39 is 0 Å². The van der Waals surface area contributed by atoms with Crippen molar-refractivity contribution in [3.8, 4) is 28.4 Å². The van der Waals surface area contributed by atoms with E-state index in [2.05, 4.69) is 24.4 Å². The van der Waals surface area contributed by atoms with Crippen LogP contribution in [-0.4, -0.2) is 22.5 Å². The molecule has 5 rings (SSSR count).